The van der Waals surface area contributed by atoms with Crippen LogP contribution in [0.1, 0.15) is 44.9 Å². The number of nitrogens with zero attached hydrogens (tertiary/aromatic N) is 2. The number of rotatable bonds is 11. The Hall–Kier alpha value is -0.390. The van der Waals surface area contributed by atoms with Crippen LogP contribution in [0.5, 0.6) is 0 Å². The molecule has 2 N–H and O–H groups in total. The molecule has 0 aliphatic carbocycles. The summed E-state index contributed by atoms with van der Waals surface area (Å²) in [6.07, 6.45) is 4.32. The van der Waals surface area contributed by atoms with Crippen molar-refractivity contribution in [2.75, 3.05) is 33.2 Å². The highest BCUT2D eigenvalue weighted by molar-refractivity contribution is 14.0. The zero-order valence-electron chi connectivity index (χ0n) is 16.2. The summed E-state index contributed by atoms with van der Waals surface area (Å²) in [5, 5.41) is 6.56. The molecule has 1 aromatic rings. The molecule has 0 bridgehead atoms. The molecular weight excluding hydrogens is 483 g/mol. The molecule has 0 amide bonds. The molecular formula is C17H33IN4O2S2. The fraction of sp³-hybridized carbons (Fsp3) is 0.706. The van der Waals surface area contributed by atoms with E-state index in [0.29, 0.717) is 17.3 Å². The number of aliphatic imine (C=N–C) groups is 1. The molecule has 1 heterocycles. The largest absolute Gasteiger partial charge is 0.356 e. The SMILES string of the molecule is CCCCCNC(=NC)NCCc1ccc(S(=O)(=O)N(CC)CC)s1.I. The number of guanidine groups is 1. The van der Waals surface area contributed by atoms with Gasteiger partial charge in [-0.2, -0.15) is 4.31 Å². The number of hydrogen-bond acceptors (Lipinski definition) is 4. The van der Waals surface area contributed by atoms with Crippen molar-refractivity contribution in [2.24, 2.45) is 4.99 Å². The average molecular weight is 517 g/mol. The number of hydrogen-bond donors (Lipinski definition) is 2. The van der Waals surface area contributed by atoms with E-state index >= 15 is 0 Å². The van der Waals surface area contributed by atoms with Crippen molar-refractivity contribution in [2.45, 2.75) is 50.7 Å². The summed E-state index contributed by atoms with van der Waals surface area (Å²) in [5.74, 6) is 0.795. The summed E-state index contributed by atoms with van der Waals surface area (Å²) < 4.78 is 26.9. The predicted molar refractivity (Wildman–Crippen MR) is 122 cm³/mol. The average Bonchev–Trinajstić information content (AvgIpc) is 3.07. The van der Waals surface area contributed by atoms with E-state index in [1.54, 1.807) is 13.1 Å². The minimum Gasteiger partial charge on any atom is -0.356 e. The zero-order valence-corrected chi connectivity index (χ0v) is 20.2. The van der Waals surface area contributed by atoms with Gasteiger partial charge in [-0.15, -0.1) is 35.3 Å². The predicted octanol–water partition coefficient (Wildman–Crippen LogP) is 3.29. The molecule has 0 saturated heterocycles. The fourth-order valence-electron chi connectivity index (χ4n) is 2.43. The van der Waals surface area contributed by atoms with Crippen molar-refractivity contribution in [1.82, 2.24) is 14.9 Å². The molecule has 0 unspecified atom stereocenters. The second kappa shape index (κ2) is 13.7. The van der Waals surface area contributed by atoms with Gasteiger partial charge in [0.2, 0.25) is 0 Å². The monoisotopic (exact) mass is 516 g/mol. The number of unbranched alkanes of at least 4 members (excludes halogenated alkanes) is 2. The third-order valence-electron chi connectivity index (χ3n) is 3.90. The topological polar surface area (TPSA) is 73.8 Å². The van der Waals surface area contributed by atoms with Crippen LogP contribution in [0.25, 0.3) is 0 Å². The Kier molecular flexibility index (Phi) is 13.5. The summed E-state index contributed by atoms with van der Waals surface area (Å²) in [4.78, 5) is 5.26. The first-order chi connectivity index (χ1) is 12.0. The van der Waals surface area contributed by atoms with Crippen LogP contribution in [0.3, 0.4) is 0 Å². The lowest BCUT2D eigenvalue weighted by atomic mass is 10.2. The smallest absolute Gasteiger partial charge is 0.252 e. The molecule has 1 rings (SSSR count). The van der Waals surface area contributed by atoms with Crippen molar-refractivity contribution in [3.05, 3.63) is 17.0 Å². The Balaban J connectivity index is 0.00000625. The zero-order chi connectivity index (χ0) is 18.7. The highest BCUT2D eigenvalue weighted by atomic mass is 127. The molecule has 6 nitrogen and oxygen atoms in total. The Labute approximate surface area is 179 Å². The third kappa shape index (κ3) is 8.10. The molecule has 0 fully saturated rings. The van der Waals surface area contributed by atoms with E-state index in [-0.39, 0.29) is 24.0 Å². The lowest BCUT2D eigenvalue weighted by Crippen LogP contribution is -2.38. The van der Waals surface area contributed by atoms with E-state index in [0.717, 1.165) is 36.8 Å². The van der Waals surface area contributed by atoms with Crippen LogP contribution >= 0.6 is 35.3 Å². The molecule has 1 aromatic heterocycles. The molecule has 152 valence electrons. The molecule has 0 spiro atoms. The molecule has 9 heteroatoms. The first-order valence-corrected chi connectivity index (χ1v) is 11.3. The Morgan fingerprint density at radius 3 is 2.35 bits per heavy atom. The maximum absolute atomic E-state index is 12.5. The lowest BCUT2D eigenvalue weighted by molar-refractivity contribution is 0.447. The molecule has 0 aliphatic heterocycles. The van der Waals surface area contributed by atoms with Gasteiger partial charge in [0.05, 0.1) is 0 Å². The number of nitrogens with one attached hydrogen (secondary N) is 2. The van der Waals surface area contributed by atoms with E-state index in [9.17, 15) is 8.42 Å². The number of sulfonamides is 1. The van der Waals surface area contributed by atoms with Crippen LogP contribution in [0.4, 0.5) is 0 Å². The van der Waals surface area contributed by atoms with Gasteiger partial charge in [0.25, 0.3) is 10.0 Å². The first-order valence-electron chi connectivity index (χ1n) is 9.02. The van der Waals surface area contributed by atoms with Gasteiger partial charge in [-0.1, -0.05) is 33.6 Å². The normalized spacial score (nSPS) is 12.1. The third-order valence-corrected chi connectivity index (χ3v) is 7.56. The molecule has 26 heavy (non-hydrogen) atoms. The molecule has 0 aromatic carbocycles. The van der Waals surface area contributed by atoms with Gasteiger partial charge in [0, 0.05) is 38.1 Å². The standard InChI is InChI=1S/C17H32N4O2S2.HI/c1-5-8-9-13-19-17(18-4)20-14-12-15-10-11-16(24-15)25(22,23)21(6-2)7-3;/h10-11H,5-9,12-14H2,1-4H3,(H2,18,19,20);1H. The van der Waals surface area contributed by atoms with Crippen LogP contribution in [0.2, 0.25) is 0 Å². The summed E-state index contributed by atoms with van der Waals surface area (Å²) in [7, 11) is -1.59. The van der Waals surface area contributed by atoms with Gasteiger partial charge in [-0.25, -0.2) is 8.42 Å². The van der Waals surface area contributed by atoms with Crippen LogP contribution in [-0.2, 0) is 16.4 Å². The van der Waals surface area contributed by atoms with Crippen LogP contribution in [-0.4, -0.2) is 51.9 Å². The molecule has 0 atom stereocenters. The first kappa shape index (κ1) is 25.6. The van der Waals surface area contributed by atoms with E-state index in [2.05, 4.69) is 22.5 Å². The Morgan fingerprint density at radius 1 is 1.12 bits per heavy atom. The van der Waals surface area contributed by atoms with Crippen LogP contribution in [0.15, 0.2) is 21.3 Å². The second-order valence-electron chi connectivity index (χ2n) is 5.69. The highest BCUT2D eigenvalue weighted by Crippen LogP contribution is 2.25. The minimum atomic E-state index is -3.35. The summed E-state index contributed by atoms with van der Waals surface area (Å²) in [5.41, 5.74) is 0. The van der Waals surface area contributed by atoms with Gasteiger partial charge in [-0.05, 0) is 25.0 Å². The van der Waals surface area contributed by atoms with Crippen molar-refractivity contribution in [3.8, 4) is 0 Å². The summed E-state index contributed by atoms with van der Waals surface area (Å²) in [6.45, 7) is 8.53. The Morgan fingerprint density at radius 2 is 1.77 bits per heavy atom. The molecule has 0 radical (unpaired) electrons. The van der Waals surface area contributed by atoms with Crippen molar-refractivity contribution in [1.29, 1.82) is 0 Å². The van der Waals surface area contributed by atoms with E-state index in [1.807, 2.05) is 19.9 Å². The molecule has 0 saturated carbocycles. The fourth-order valence-corrected chi connectivity index (χ4v) is 5.40. The highest BCUT2D eigenvalue weighted by Gasteiger charge is 2.23. The lowest BCUT2D eigenvalue weighted by Gasteiger charge is -2.16. The van der Waals surface area contributed by atoms with Crippen molar-refractivity contribution in [3.63, 3.8) is 0 Å². The van der Waals surface area contributed by atoms with E-state index in [1.165, 1.54) is 28.5 Å². The summed E-state index contributed by atoms with van der Waals surface area (Å²) >= 11 is 1.35. The van der Waals surface area contributed by atoms with E-state index in [4.69, 9.17) is 0 Å². The Bertz CT molecular complexity index is 628. The van der Waals surface area contributed by atoms with Gasteiger partial charge >= 0.3 is 0 Å². The van der Waals surface area contributed by atoms with Gasteiger partial charge in [0.15, 0.2) is 5.96 Å². The maximum atomic E-state index is 12.5. The summed E-state index contributed by atoms with van der Waals surface area (Å²) in [6, 6.07) is 3.62. The number of halogens is 1. The molecule has 0 aliphatic rings. The van der Waals surface area contributed by atoms with Crippen LogP contribution in [0, 0.1) is 0 Å². The van der Waals surface area contributed by atoms with Crippen LogP contribution < -0.4 is 10.6 Å². The number of thiophene rings is 1. The van der Waals surface area contributed by atoms with E-state index < -0.39 is 10.0 Å². The van der Waals surface area contributed by atoms with Crippen molar-refractivity contribution < 1.29 is 8.42 Å². The maximum Gasteiger partial charge on any atom is 0.252 e. The minimum absolute atomic E-state index is 0. The van der Waals surface area contributed by atoms with Gasteiger partial charge < -0.3 is 10.6 Å². The van der Waals surface area contributed by atoms with Gasteiger partial charge in [0.1, 0.15) is 4.21 Å². The second-order valence-corrected chi connectivity index (χ2v) is 9.03. The van der Waals surface area contributed by atoms with Crippen molar-refractivity contribution >= 4 is 51.3 Å². The van der Waals surface area contributed by atoms with Gasteiger partial charge in [-0.3, -0.25) is 4.99 Å². The quantitative estimate of drug-likeness (QED) is 0.205.